The number of nitrogens with zero attached hydrogens (tertiary/aromatic N) is 1. The van der Waals surface area contributed by atoms with Gasteiger partial charge < -0.3 is 9.64 Å². The van der Waals surface area contributed by atoms with Crippen molar-refractivity contribution in [1.82, 2.24) is 4.90 Å². The Morgan fingerprint density at radius 1 is 1.21 bits per heavy atom. The first kappa shape index (κ1) is 7.49. The van der Waals surface area contributed by atoms with Crippen LogP contribution in [0, 0.1) is 0 Å². The number of hydrogen-bond acceptors (Lipinski definition) is 2. The molecule has 1 saturated heterocycles. The first-order chi connectivity index (χ1) is 16.8. The van der Waals surface area contributed by atoms with Gasteiger partial charge in [0.15, 0.2) is 0 Å². The van der Waals surface area contributed by atoms with E-state index in [1.54, 1.807) is 11.9 Å². The zero-order chi connectivity index (χ0) is 28.4. The van der Waals surface area contributed by atoms with Crippen molar-refractivity contribution in [1.29, 1.82) is 0 Å². The van der Waals surface area contributed by atoms with Gasteiger partial charge >= 0.3 is 0 Å². The zero-order valence-electron chi connectivity index (χ0n) is 26.4. The molecule has 1 aliphatic rings. The highest BCUT2D eigenvalue weighted by Crippen LogP contribution is 2.34. The van der Waals surface area contributed by atoms with Crippen LogP contribution in [-0.2, 0) is 10.3 Å². The summed E-state index contributed by atoms with van der Waals surface area (Å²) in [5.74, 6) is 0. The Morgan fingerprint density at radius 2 is 1.88 bits per heavy atom. The Kier molecular flexibility index (Phi) is 2.40. The molecule has 0 N–H and O–H groups in total. The van der Waals surface area contributed by atoms with E-state index in [1.165, 1.54) is 0 Å². The molecule has 0 spiro atoms. The van der Waals surface area contributed by atoms with Crippen LogP contribution in [0.3, 0.4) is 0 Å². The number of likely N-dealkylation sites (tertiary alicyclic amines) is 1. The van der Waals surface area contributed by atoms with Crippen molar-refractivity contribution in [3.05, 3.63) is 70.5 Å². The van der Waals surface area contributed by atoms with E-state index < -0.39 is 95.1 Å². The van der Waals surface area contributed by atoms with Gasteiger partial charge in [-0.15, -0.1) is 0 Å². The molecule has 1 heterocycles. The summed E-state index contributed by atoms with van der Waals surface area (Å²) < 4.78 is 115. The van der Waals surface area contributed by atoms with Crippen molar-refractivity contribution in [3.63, 3.8) is 0 Å². The lowest BCUT2D eigenvalue weighted by molar-refractivity contribution is -0.0117. The van der Waals surface area contributed by atoms with Crippen LogP contribution < -0.4 is 0 Å². The molecule has 3 rings (SSSR count). The Bertz CT molecular complexity index is 1120. The Labute approximate surface area is 168 Å². The highest BCUT2D eigenvalue weighted by molar-refractivity contribution is 6.30. The van der Waals surface area contributed by atoms with Crippen molar-refractivity contribution in [3.8, 4) is 0 Å². The van der Waals surface area contributed by atoms with Crippen molar-refractivity contribution in [2.45, 2.75) is 37.8 Å². The van der Waals surface area contributed by atoms with Crippen LogP contribution in [0.5, 0.6) is 0 Å². The molecule has 0 amide bonds. The number of hydrogen-bond donors (Lipinski definition) is 0. The first-order valence-electron chi connectivity index (χ1n) is 14.1. The minimum Gasteiger partial charge on any atom is -0.366 e. The summed E-state index contributed by atoms with van der Waals surface area (Å²) in [6, 6.07) is -7.90. The molecule has 0 radical (unpaired) electrons. The van der Waals surface area contributed by atoms with Crippen LogP contribution in [0.2, 0.25) is 5.02 Å². The van der Waals surface area contributed by atoms with E-state index in [9.17, 15) is 0 Å². The molecule has 2 aromatic rings. The summed E-state index contributed by atoms with van der Waals surface area (Å²) in [5.41, 5.74) is -3.89. The standard InChI is InChI=1S/C21H26ClNO/c1-21(17-7-4-3-5-8-17,18-10-12-19(22)13-11-18)24-16-14-20-9-6-15-23(20)2/h3-5,7-8,10-13,20H,6,9,14-16H2,1-2H3/t20-,21-/m1/s1/i3D,4D,5D,7D,8D,10D,11D,12D,13D,14D2,16D2. The summed E-state index contributed by atoms with van der Waals surface area (Å²) in [6.07, 6.45) is -1.79. The SMILES string of the molecule is [2H]c1c([2H])c([2H])c([C@@](C)(OC([2H])([2H])C([2H])([2H])[C@H]2CCCN2C)c2c([2H])c([2H])c(Cl)c([2H])c2[2H])c([2H])c1[2H]. The Hall–Kier alpha value is -1.35. The predicted octanol–water partition coefficient (Wildman–Crippen LogP) is 5.10. The van der Waals surface area contributed by atoms with Crippen molar-refractivity contribution in [2.75, 3.05) is 20.2 Å². The zero-order valence-corrected chi connectivity index (χ0v) is 14.2. The molecular formula is C21H26ClNO. The smallest absolute Gasteiger partial charge is 0.115 e. The van der Waals surface area contributed by atoms with Crippen LogP contribution in [0.15, 0.2) is 54.4 Å². The largest absolute Gasteiger partial charge is 0.366 e. The van der Waals surface area contributed by atoms with E-state index in [0.29, 0.717) is 19.4 Å². The molecule has 2 atom stereocenters. The normalized spacial score (nSPS) is 29.8. The highest BCUT2D eigenvalue weighted by Gasteiger charge is 2.30. The van der Waals surface area contributed by atoms with Crippen molar-refractivity contribution in [2.24, 2.45) is 0 Å². The summed E-state index contributed by atoms with van der Waals surface area (Å²) in [4.78, 5) is 1.63. The molecule has 0 bridgehead atoms. The van der Waals surface area contributed by atoms with Gasteiger partial charge in [0.1, 0.15) is 5.60 Å². The third kappa shape index (κ3) is 3.83. The second-order valence-corrected chi connectivity index (χ2v) is 6.09. The lowest BCUT2D eigenvalue weighted by atomic mass is 9.88. The third-order valence-corrected chi connectivity index (χ3v) is 4.24. The molecule has 2 aromatic carbocycles. The fourth-order valence-corrected chi connectivity index (χ4v) is 2.64. The fraction of sp³-hybridized carbons (Fsp3) is 0.429. The minimum absolute atomic E-state index is 0.305. The van der Waals surface area contributed by atoms with E-state index in [4.69, 9.17) is 34.2 Å². The van der Waals surface area contributed by atoms with Crippen LogP contribution in [-0.4, -0.2) is 31.1 Å². The van der Waals surface area contributed by atoms with Gasteiger partial charge in [-0.3, -0.25) is 0 Å². The lowest BCUT2D eigenvalue weighted by Gasteiger charge is -2.32. The summed E-state index contributed by atoms with van der Waals surface area (Å²) in [7, 11) is 1.63. The molecular weight excluding hydrogens is 318 g/mol. The van der Waals surface area contributed by atoms with E-state index >= 15 is 0 Å². The quantitative estimate of drug-likeness (QED) is 0.713. The van der Waals surface area contributed by atoms with Crippen molar-refractivity contribution >= 4 is 11.6 Å². The average molecular weight is 357 g/mol. The molecule has 0 unspecified atom stereocenters. The monoisotopic (exact) mass is 356 g/mol. The van der Waals surface area contributed by atoms with Gasteiger partial charge in [-0.05, 0) is 62.9 Å². The van der Waals surface area contributed by atoms with Crippen LogP contribution in [0.4, 0.5) is 0 Å². The molecule has 0 aromatic heterocycles. The second kappa shape index (κ2) is 7.69. The minimum atomic E-state index is -3.20. The molecule has 128 valence electrons. The molecule has 24 heavy (non-hydrogen) atoms. The maximum atomic E-state index is 8.67. The van der Waals surface area contributed by atoms with Crippen LogP contribution >= 0.6 is 11.6 Å². The Balaban J connectivity index is 2.42. The van der Waals surface area contributed by atoms with Gasteiger partial charge in [-0.25, -0.2) is 0 Å². The van der Waals surface area contributed by atoms with Gasteiger partial charge in [0, 0.05) is 20.4 Å². The first-order valence-corrected chi connectivity index (χ1v) is 7.94. The maximum absolute atomic E-state index is 8.67. The lowest BCUT2D eigenvalue weighted by Crippen LogP contribution is -2.31. The summed E-state index contributed by atoms with van der Waals surface area (Å²) in [6.45, 7) is -1.64. The van der Waals surface area contributed by atoms with Gasteiger partial charge in [-0.1, -0.05) is 53.9 Å². The molecule has 0 aliphatic carbocycles. The van der Waals surface area contributed by atoms with Gasteiger partial charge in [0.05, 0.1) is 15.1 Å². The molecule has 3 heteroatoms. The van der Waals surface area contributed by atoms with Gasteiger partial charge in [0.25, 0.3) is 0 Å². The Morgan fingerprint density at radius 3 is 2.50 bits per heavy atom. The number of rotatable bonds is 6. The maximum Gasteiger partial charge on any atom is 0.115 e. The van der Waals surface area contributed by atoms with E-state index in [-0.39, 0.29) is 0 Å². The molecule has 0 saturated carbocycles. The number of halogens is 1. The van der Waals surface area contributed by atoms with E-state index in [1.807, 2.05) is 0 Å². The van der Waals surface area contributed by atoms with E-state index in [0.717, 1.165) is 6.92 Å². The average Bonchev–Trinajstić information content (AvgIpc) is 3.25. The number of ether oxygens (including phenoxy) is 1. The summed E-state index contributed by atoms with van der Waals surface area (Å²) in [5, 5.41) is -0.534. The summed E-state index contributed by atoms with van der Waals surface area (Å²) >= 11 is 5.94. The molecule has 2 nitrogen and oxygen atoms in total. The molecule has 1 fully saturated rings. The van der Waals surface area contributed by atoms with Crippen LogP contribution in [0.1, 0.15) is 55.1 Å². The van der Waals surface area contributed by atoms with Crippen molar-refractivity contribution < 1.29 is 22.6 Å². The van der Waals surface area contributed by atoms with Gasteiger partial charge in [0.2, 0.25) is 0 Å². The fourth-order valence-electron chi connectivity index (χ4n) is 2.54. The second-order valence-electron chi connectivity index (χ2n) is 5.71. The van der Waals surface area contributed by atoms with Crippen LogP contribution in [0.25, 0.3) is 0 Å². The predicted molar refractivity (Wildman–Crippen MR) is 101 cm³/mol. The topological polar surface area (TPSA) is 12.5 Å². The highest BCUT2D eigenvalue weighted by atomic mass is 35.5. The van der Waals surface area contributed by atoms with Gasteiger partial charge in [-0.2, -0.15) is 0 Å². The third-order valence-electron chi connectivity index (χ3n) is 4.05. The van der Waals surface area contributed by atoms with E-state index in [2.05, 4.69) is 0 Å². The molecule has 1 aliphatic heterocycles. The number of benzene rings is 2.